The van der Waals surface area contributed by atoms with E-state index in [1.54, 1.807) is 13.2 Å². The first-order chi connectivity index (χ1) is 10.1. The van der Waals surface area contributed by atoms with Crippen LogP contribution in [0.5, 0.6) is 5.75 Å². The SMILES string of the molecule is COc1cc(F)ccc1N1CCN(CCCC(=O)O)CC1. The molecule has 1 N–H and O–H groups in total. The van der Waals surface area contributed by atoms with Crippen LogP contribution in [0.2, 0.25) is 0 Å². The monoisotopic (exact) mass is 296 g/mol. The van der Waals surface area contributed by atoms with Gasteiger partial charge >= 0.3 is 5.97 Å². The van der Waals surface area contributed by atoms with Gasteiger partial charge in [0.15, 0.2) is 0 Å². The summed E-state index contributed by atoms with van der Waals surface area (Å²) in [6.45, 7) is 4.21. The quantitative estimate of drug-likeness (QED) is 0.868. The van der Waals surface area contributed by atoms with Gasteiger partial charge in [0.2, 0.25) is 0 Å². The summed E-state index contributed by atoms with van der Waals surface area (Å²) in [5.41, 5.74) is 0.907. The molecule has 0 amide bonds. The third-order valence-corrected chi connectivity index (χ3v) is 3.72. The van der Waals surface area contributed by atoms with Crippen LogP contribution in [0.25, 0.3) is 0 Å². The third kappa shape index (κ3) is 4.32. The molecule has 1 heterocycles. The van der Waals surface area contributed by atoms with Crippen molar-refractivity contribution in [3.63, 3.8) is 0 Å². The van der Waals surface area contributed by atoms with Crippen LogP contribution < -0.4 is 9.64 Å². The topological polar surface area (TPSA) is 53.0 Å². The second-order valence-corrected chi connectivity index (χ2v) is 5.14. The van der Waals surface area contributed by atoms with Gasteiger partial charge < -0.3 is 14.7 Å². The largest absolute Gasteiger partial charge is 0.494 e. The Morgan fingerprint density at radius 3 is 2.67 bits per heavy atom. The van der Waals surface area contributed by atoms with E-state index in [0.29, 0.717) is 12.2 Å². The minimum absolute atomic E-state index is 0.214. The number of rotatable bonds is 6. The molecule has 0 aliphatic carbocycles. The summed E-state index contributed by atoms with van der Waals surface area (Å²) in [7, 11) is 1.54. The Balaban J connectivity index is 1.87. The van der Waals surface area contributed by atoms with E-state index in [4.69, 9.17) is 9.84 Å². The molecule has 1 aliphatic heterocycles. The van der Waals surface area contributed by atoms with Crippen molar-refractivity contribution < 1.29 is 19.0 Å². The van der Waals surface area contributed by atoms with Gasteiger partial charge in [0, 0.05) is 38.7 Å². The van der Waals surface area contributed by atoms with Gasteiger partial charge in [-0.05, 0) is 25.1 Å². The Labute approximate surface area is 123 Å². The Morgan fingerprint density at radius 1 is 1.33 bits per heavy atom. The molecule has 0 spiro atoms. The lowest BCUT2D eigenvalue weighted by Gasteiger charge is -2.36. The molecule has 116 valence electrons. The van der Waals surface area contributed by atoms with Gasteiger partial charge in [0.1, 0.15) is 11.6 Å². The summed E-state index contributed by atoms with van der Waals surface area (Å²) in [5.74, 6) is -0.498. The van der Waals surface area contributed by atoms with Crippen molar-refractivity contribution in [2.24, 2.45) is 0 Å². The fourth-order valence-corrected chi connectivity index (χ4v) is 2.58. The number of anilines is 1. The predicted octanol–water partition coefficient (Wildman–Crippen LogP) is 1.82. The molecule has 1 fully saturated rings. The fourth-order valence-electron chi connectivity index (χ4n) is 2.58. The van der Waals surface area contributed by atoms with Crippen molar-refractivity contribution in [2.45, 2.75) is 12.8 Å². The first-order valence-corrected chi connectivity index (χ1v) is 7.13. The van der Waals surface area contributed by atoms with Gasteiger partial charge in [-0.3, -0.25) is 9.69 Å². The highest BCUT2D eigenvalue weighted by molar-refractivity contribution is 5.66. The average Bonchev–Trinajstić information content (AvgIpc) is 2.47. The van der Waals surface area contributed by atoms with Gasteiger partial charge in [-0.2, -0.15) is 0 Å². The van der Waals surface area contributed by atoms with Crippen LogP contribution in [-0.2, 0) is 4.79 Å². The zero-order valence-corrected chi connectivity index (χ0v) is 12.2. The van der Waals surface area contributed by atoms with Crippen LogP contribution >= 0.6 is 0 Å². The Hall–Kier alpha value is -1.82. The molecule has 6 heteroatoms. The van der Waals surface area contributed by atoms with E-state index in [2.05, 4.69) is 9.80 Å². The van der Waals surface area contributed by atoms with Gasteiger partial charge in [0.05, 0.1) is 12.8 Å². The number of carbonyl (C=O) groups is 1. The molecule has 1 saturated heterocycles. The first kappa shape index (κ1) is 15.6. The number of methoxy groups -OCH3 is 1. The maximum Gasteiger partial charge on any atom is 0.303 e. The van der Waals surface area contributed by atoms with Crippen LogP contribution in [0.4, 0.5) is 10.1 Å². The second kappa shape index (κ2) is 7.26. The normalized spacial score (nSPS) is 16.0. The van der Waals surface area contributed by atoms with Crippen molar-refractivity contribution >= 4 is 11.7 Å². The van der Waals surface area contributed by atoms with Crippen LogP contribution in [0.3, 0.4) is 0 Å². The first-order valence-electron chi connectivity index (χ1n) is 7.13. The summed E-state index contributed by atoms with van der Waals surface area (Å²) >= 11 is 0. The number of benzene rings is 1. The number of aliphatic carboxylic acids is 1. The lowest BCUT2D eigenvalue weighted by Crippen LogP contribution is -2.46. The van der Waals surface area contributed by atoms with Gasteiger partial charge in [-0.25, -0.2) is 4.39 Å². The van der Waals surface area contributed by atoms with E-state index in [0.717, 1.165) is 38.4 Å². The molecular formula is C15H21FN2O3. The summed E-state index contributed by atoms with van der Waals surface area (Å²) < 4.78 is 18.5. The number of hydrogen-bond acceptors (Lipinski definition) is 4. The lowest BCUT2D eigenvalue weighted by molar-refractivity contribution is -0.137. The number of carboxylic acids is 1. The number of hydrogen-bond donors (Lipinski definition) is 1. The number of halogens is 1. The zero-order valence-electron chi connectivity index (χ0n) is 12.2. The lowest BCUT2D eigenvalue weighted by atomic mass is 10.2. The van der Waals surface area contributed by atoms with E-state index in [1.807, 2.05) is 0 Å². The molecule has 0 atom stereocenters. The number of carboxylic acid groups (broad SMARTS) is 1. The Morgan fingerprint density at radius 2 is 2.05 bits per heavy atom. The Kier molecular flexibility index (Phi) is 5.38. The summed E-state index contributed by atoms with van der Waals surface area (Å²) in [4.78, 5) is 14.9. The third-order valence-electron chi connectivity index (χ3n) is 3.72. The number of piperazine rings is 1. The van der Waals surface area contributed by atoms with Crippen LogP contribution in [-0.4, -0.2) is 55.8 Å². The highest BCUT2D eigenvalue weighted by Gasteiger charge is 2.19. The van der Waals surface area contributed by atoms with Gasteiger partial charge in [0.25, 0.3) is 0 Å². The van der Waals surface area contributed by atoms with E-state index < -0.39 is 5.97 Å². The zero-order chi connectivity index (χ0) is 15.2. The maximum atomic E-state index is 13.2. The fraction of sp³-hybridized carbons (Fsp3) is 0.533. The van der Waals surface area contributed by atoms with Crippen molar-refractivity contribution in [2.75, 3.05) is 44.7 Å². The molecule has 21 heavy (non-hydrogen) atoms. The highest BCUT2D eigenvalue weighted by Crippen LogP contribution is 2.29. The summed E-state index contributed by atoms with van der Waals surface area (Å²) in [5, 5.41) is 8.64. The summed E-state index contributed by atoms with van der Waals surface area (Å²) in [6.07, 6.45) is 0.890. The van der Waals surface area contributed by atoms with Crippen LogP contribution in [0, 0.1) is 5.82 Å². The maximum absolute atomic E-state index is 13.2. The van der Waals surface area contributed by atoms with Crippen molar-refractivity contribution in [1.29, 1.82) is 0 Å². The van der Waals surface area contributed by atoms with Gasteiger partial charge in [-0.15, -0.1) is 0 Å². The molecule has 0 saturated carbocycles. The molecule has 0 unspecified atom stereocenters. The van der Waals surface area contributed by atoms with E-state index in [1.165, 1.54) is 12.1 Å². The summed E-state index contributed by atoms with van der Waals surface area (Å²) in [6, 6.07) is 4.58. The molecule has 2 rings (SSSR count). The average molecular weight is 296 g/mol. The molecular weight excluding hydrogens is 275 g/mol. The standard InChI is InChI=1S/C15H21FN2O3/c1-21-14-11-12(16)4-5-13(14)18-9-7-17(8-10-18)6-2-3-15(19)20/h4-5,11H,2-3,6-10H2,1H3,(H,19,20). The predicted molar refractivity (Wildman–Crippen MR) is 78.5 cm³/mol. The highest BCUT2D eigenvalue weighted by atomic mass is 19.1. The second-order valence-electron chi connectivity index (χ2n) is 5.14. The molecule has 1 aromatic carbocycles. The number of ether oxygens (including phenoxy) is 1. The minimum atomic E-state index is -0.746. The smallest absolute Gasteiger partial charge is 0.303 e. The number of nitrogens with zero attached hydrogens (tertiary/aromatic N) is 2. The van der Waals surface area contributed by atoms with Crippen LogP contribution in [0.1, 0.15) is 12.8 Å². The molecule has 0 bridgehead atoms. The minimum Gasteiger partial charge on any atom is -0.494 e. The van der Waals surface area contributed by atoms with E-state index >= 15 is 0 Å². The molecule has 0 radical (unpaired) electrons. The Bertz CT molecular complexity index is 488. The van der Waals surface area contributed by atoms with Crippen molar-refractivity contribution in [3.05, 3.63) is 24.0 Å². The van der Waals surface area contributed by atoms with E-state index in [9.17, 15) is 9.18 Å². The molecule has 0 aromatic heterocycles. The van der Waals surface area contributed by atoms with Crippen molar-refractivity contribution in [3.8, 4) is 5.75 Å². The molecule has 1 aliphatic rings. The molecule has 1 aromatic rings. The van der Waals surface area contributed by atoms with E-state index in [-0.39, 0.29) is 12.2 Å². The molecule has 5 nitrogen and oxygen atoms in total. The van der Waals surface area contributed by atoms with Gasteiger partial charge in [-0.1, -0.05) is 0 Å². The van der Waals surface area contributed by atoms with Crippen LogP contribution in [0.15, 0.2) is 18.2 Å². The van der Waals surface area contributed by atoms with Crippen molar-refractivity contribution in [1.82, 2.24) is 4.90 Å².